The zero-order chi connectivity index (χ0) is 20.1. The Balaban J connectivity index is 1.42. The molecular formula is C26H46O2. The summed E-state index contributed by atoms with van der Waals surface area (Å²) in [5.74, 6) is 4.86. The molecule has 4 rings (SSSR count). The molecule has 28 heavy (non-hydrogen) atoms. The van der Waals surface area contributed by atoms with Crippen LogP contribution in [0.1, 0.15) is 105 Å². The fraction of sp³-hybridized carbons (Fsp3) is 1.00. The van der Waals surface area contributed by atoms with Crippen LogP contribution < -0.4 is 0 Å². The largest absolute Gasteiger partial charge is 0.393 e. The quantitative estimate of drug-likeness (QED) is 0.587. The van der Waals surface area contributed by atoms with Gasteiger partial charge in [0.15, 0.2) is 0 Å². The smallest absolute Gasteiger partial charge is 0.0563 e. The number of hydrogen-bond acceptors (Lipinski definition) is 2. The third-order valence-electron chi connectivity index (χ3n) is 10.7. The van der Waals surface area contributed by atoms with Crippen LogP contribution in [0.5, 0.6) is 0 Å². The molecule has 2 nitrogen and oxygen atoms in total. The average Bonchev–Trinajstić information content (AvgIpc) is 2.99. The van der Waals surface area contributed by atoms with E-state index in [0.717, 1.165) is 48.9 Å². The van der Waals surface area contributed by atoms with Crippen molar-refractivity contribution in [2.45, 2.75) is 117 Å². The predicted molar refractivity (Wildman–Crippen MR) is 116 cm³/mol. The summed E-state index contributed by atoms with van der Waals surface area (Å²) in [6.45, 7) is 9.52. The Morgan fingerprint density at radius 2 is 1.61 bits per heavy atom. The first-order valence-electron chi connectivity index (χ1n) is 12.6. The molecule has 162 valence electrons. The van der Waals surface area contributed by atoms with Gasteiger partial charge < -0.3 is 10.2 Å². The van der Waals surface area contributed by atoms with Gasteiger partial charge in [-0.05, 0) is 117 Å². The van der Waals surface area contributed by atoms with Crippen LogP contribution in [-0.2, 0) is 0 Å². The van der Waals surface area contributed by atoms with Crippen LogP contribution in [-0.4, -0.2) is 22.4 Å². The number of rotatable bonds is 5. The van der Waals surface area contributed by atoms with Gasteiger partial charge in [0.25, 0.3) is 0 Å². The Kier molecular flexibility index (Phi) is 5.95. The van der Waals surface area contributed by atoms with Gasteiger partial charge in [-0.25, -0.2) is 0 Å². The Morgan fingerprint density at radius 3 is 2.36 bits per heavy atom. The zero-order valence-corrected chi connectivity index (χ0v) is 19.0. The SMILES string of the molecule is CC(C)C(O)CCCC1CCC2C3CC[C@H]4CC(O)CCC4(C)C3CCC12C. The minimum Gasteiger partial charge on any atom is -0.393 e. The maximum atomic E-state index is 10.2. The number of fused-ring (bicyclic) bond motifs is 5. The summed E-state index contributed by atoms with van der Waals surface area (Å²) in [4.78, 5) is 0. The Hall–Kier alpha value is -0.0800. The van der Waals surface area contributed by atoms with Gasteiger partial charge >= 0.3 is 0 Å². The second-order valence-corrected chi connectivity index (χ2v) is 12.1. The molecule has 0 aliphatic heterocycles. The van der Waals surface area contributed by atoms with Crippen molar-refractivity contribution in [2.75, 3.05) is 0 Å². The lowest BCUT2D eigenvalue weighted by atomic mass is 9.44. The van der Waals surface area contributed by atoms with Crippen molar-refractivity contribution in [3.05, 3.63) is 0 Å². The normalized spacial score (nSPS) is 49.4. The second-order valence-electron chi connectivity index (χ2n) is 12.1. The van der Waals surface area contributed by atoms with Gasteiger partial charge in [0.2, 0.25) is 0 Å². The molecule has 2 N–H and O–H groups in total. The molecule has 0 saturated heterocycles. The van der Waals surface area contributed by atoms with E-state index in [1.165, 1.54) is 57.8 Å². The number of aliphatic hydroxyl groups is 2. The van der Waals surface area contributed by atoms with E-state index in [1.54, 1.807) is 0 Å². The lowest BCUT2D eigenvalue weighted by Crippen LogP contribution is -2.53. The van der Waals surface area contributed by atoms with E-state index in [-0.39, 0.29) is 12.2 Å². The molecule has 8 unspecified atom stereocenters. The summed E-state index contributed by atoms with van der Waals surface area (Å²) in [6, 6.07) is 0. The highest BCUT2D eigenvalue weighted by Gasteiger charge is 2.59. The zero-order valence-electron chi connectivity index (χ0n) is 19.0. The minimum atomic E-state index is -0.113. The van der Waals surface area contributed by atoms with Crippen LogP contribution in [0.25, 0.3) is 0 Å². The molecule has 4 saturated carbocycles. The Bertz CT molecular complexity index is 545. The number of aliphatic hydroxyl groups excluding tert-OH is 2. The molecule has 9 atom stereocenters. The van der Waals surface area contributed by atoms with E-state index >= 15 is 0 Å². The first-order chi connectivity index (χ1) is 13.3. The van der Waals surface area contributed by atoms with Gasteiger partial charge in [0, 0.05) is 0 Å². The summed E-state index contributed by atoms with van der Waals surface area (Å²) < 4.78 is 0. The minimum absolute atomic E-state index is 0.0273. The molecule has 0 aromatic carbocycles. The van der Waals surface area contributed by atoms with Crippen molar-refractivity contribution >= 4 is 0 Å². The molecule has 4 fully saturated rings. The first kappa shape index (κ1) is 21.2. The molecular weight excluding hydrogens is 344 g/mol. The van der Waals surface area contributed by atoms with Gasteiger partial charge in [0.05, 0.1) is 12.2 Å². The summed E-state index contributed by atoms with van der Waals surface area (Å²) in [6.07, 6.45) is 15.3. The van der Waals surface area contributed by atoms with E-state index in [0.29, 0.717) is 16.7 Å². The van der Waals surface area contributed by atoms with Crippen molar-refractivity contribution in [1.29, 1.82) is 0 Å². The Morgan fingerprint density at radius 1 is 0.893 bits per heavy atom. The van der Waals surface area contributed by atoms with Gasteiger partial charge in [-0.3, -0.25) is 0 Å². The van der Waals surface area contributed by atoms with Crippen LogP contribution in [0, 0.1) is 46.3 Å². The summed E-state index contributed by atoms with van der Waals surface area (Å²) in [5.41, 5.74) is 1.06. The lowest BCUT2D eigenvalue weighted by molar-refractivity contribution is -0.127. The average molecular weight is 391 g/mol. The summed E-state index contributed by atoms with van der Waals surface area (Å²) in [5, 5.41) is 20.4. The second kappa shape index (κ2) is 7.88. The molecule has 4 aliphatic rings. The summed E-state index contributed by atoms with van der Waals surface area (Å²) >= 11 is 0. The first-order valence-corrected chi connectivity index (χ1v) is 12.6. The fourth-order valence-corrected chi connectivity index (χ4v) is 8.73. The van der Waals surface area contributed by atoms with Crippen molar-refractivity contribution in [2.24, 2.45) is 46.3 Å². The molecule has 0 bridgehead atoms. The van der Waals surface area contributed by atoms with Crippen molar-refractivity contribution in [3.63, 3.8) is 0 Å². The van der Waals surface area contributed by atoms with Crippen LogP contribution in [0.15, 0.2) is 0 Å². The third kappa shape index (κ3) is 3.49. The highest BCUT2D eigenvalue weighted by molar-refractivity contribution is 5.09. The van der Waals surface area contributed by atoms with E-state index in [2.05, 4.69) is 27.7 Å². The van der Waals surface area contributed by atoms with Crippen molar-refractivity contribution < 1.29 is 10.2 Å². The predicted octanol–water partition coefficient (Wildman–Crippen LogP) is 6.19. The lowest BCUT2D eigenvalue weighted by Gasteiger charge is -2.61. The molecule has 0 aromatic rings. The maximum absolute atomic E-state index is 10.2. The van der Waals surface area contributed by atoms with Crippen molar-refractivity contribution in [3.8, 4) is 0 Å². The summed E-state index contributed by atoms with van der Waals surface area (Å²) in [7, 11) is 0. The van der Waals surface area contributed by atoms with Gasteiger partial charge in [0.1, 0.15) is 0 Å². The molecule has 2 heteroatoms. The van der Waals surface area contributed by atoms with Gasteiger partial charge in [-0.15, -0.1) is 0 Å². The van der Waals surface area contributed by atoms with E-state index < -0.39 is 0 Å². The third-order valence-corrected chi connectivity index (χ3v) is 10.7. The standard InChI is InChI=1S/C26H46O2/c1-17(2)24(28)7-5-6-18-9-11-22-21-10-8-19-16-20(27)12-14-26(19,4)23(21)13-15-25(18,22)3/h17-24,27-28H,5-16H2,1-4H3/t18?,19-,20?,21?,22?,23?,24?,25?,26?/m0/s1. The van der Waals surface area contributed by atoms with Gasteiger partial charge in [-0.2, -0.15) is 0 Å². The monoisotopic (exact) mass is 390 g/mol. The maximum Gasteiger partial charge on any atom is 0.0563 e. The molecule has 0 aromatic heterocycles. The van der Waals surface area contributed by atoms with Crippen LogP contribution in [0.2, 0.25) is 0 Å². The molecule has 4 aliphatic carbocycles. The fourth-order valence-electron chi connectivity index (χ4n) is 8.73. The molecule has 0 spiro atoms. The molecule has 0 heterocycles. The Labute approximate surface area is 173 Å². The van der Waals surface area contributed by atoms with Crippen molar-refractivity contribution in [1.82, 2.24) is 0 Å². The highest BCUT2D eigenvalue weighted by Crippen LogP contribution is 2.67. The van der Waals surface area contributed by atoms with E-state index in [4.69, 9.17) is 0 Å². The highest BCUT2D eigenvalue weighted by atomic mass is 16.3. The van der Waals surface area contributed by atoms with Crippen LogP contribution in [0.4, 0.5) is 0 Å². The van der Waals surface area contributed by atoms with E-state index in [9.17, 15) is 10.2 Å². The van der Waals surface area contributed by atoms with Crippen LogP contribution in [0.3, 0.4) is 0 Å². The molecule has 0 radical (unpaired) electrons. The van der Waals surface area contributed by atoms with Crippen LogP contribution >= 0.6 is 0 Å². The van der Waals surface area contributed by atoms with Gasteiger partial charge in [-0.1, -0.05) is 34.1 Å². The number of hydrogen-bond donors (Lipinski definition) is 2. The van der Waals surface area contributed by atoms with E-state index in [1.807, 2.05) is 0 Å². The topological polar surface area (TPSA) is 40.5 Å². The molecule has 0 amide bonds.